The second-order valence-corrected chi connectivity index (χ2v) is 9.53. The molecule has 12 heteroatoms. The molecule has 0 saturated heterocycles. The van der Waals surface area contributed by atoms with Gasteiger partial charge in [0.1, 0.15) is 11.3 Å². The van der Waals surface area contributed by atoms with E-state index in [1.165, 1.54) is 18.2 Å². The molecule has 0 aromatic heterocycles. The number of unbranched alkanes of at least 4 members (excludes halogenated alkanes) is 4. The first-order valence-electron chi connectivity index (χ1n) is 13.2. The van der Waals surface area contributed by atoms with Gasteiger partial charge in [-0.05, 0) is 56.6 Å². The quantitative estimate of drug-likeness (QED) is 0.0662. The second-order valence-electron chi connectivity index (χ2n) is 9.53. The predicted octanol–water partition coefficient (Wildman–Crippen LogP) is 7.88. The van der Waals surface area contributed by atoms with Crippen LogP contribution in [0.25, 0.3) is 0 Å². The van der Waals surface area contributed by atoms with Crippen LogP contribution < -0.4 is 15.4 Å². The van der Waals surface area contributed by atoms with Crippen LogP contribution in [0, 0.1) is 15.0 Å². The molecule has 0 fully saturated rings. The predicted molar refractivity (Wildman–Crippen MR) is 153 cm³/mol. The maximum atomic E-state index is 12.8. The first-order chi connectivity index (χ1) is 18.9. The van der Waals surface area contributed by atoms with Gasteiger partial charge in [0.15, 0.2) is 5.75 Å². The zero-order valence-electron chi connectivity index (χ0n) is 23.9. The number of benzene rings is 2. The molecule has 0 spiro atoms. The molecule has 2 aromatic rings. The van der Waals surface area contributed by atoms with Gasteiger partial charge in [0.25, 0.3) is 5.69 Å². The summed E-state index contributed by atoms with van der Waals surface area (Å²) >= 11 is 0. The highest BCUT2D eigenvalue weighted by atomic mass is 16.6. The number of rotatable bonds is 12. The van der Waals surface area contributed by atoms with Gasteiger partial charge in [-0.25, -0.2) is 9.59 Å². The highest BCUT2D eigenvalue weighted by Gasteiger charge is 2.21. The maximum Gasteiger partial charge on any atom is 0.412 e. The smallest absolute Gasteiger partial charge is 0.412 e. The molecule has 0 bridgehead atoms. The third-order valence-electron chi connectivity index (χ3n) is 5.06. The molecule has 0 heterocycles. The van der Waals surface area contributed by atoms with Gasteiger partial charge in [-0.15, -0.1) is 4.91 Å². The number of carbonyl (C=O) groups is 3. The van der Waals surface area contributed by atoms with Crippen molar-refractivity contribution >= 4 is 40.7 Å². The lowest BCUT2D eigenvalue weighted by atomic mass is 10.1. The van der Waals surface area contributed by atoms with E-state index in [9.17, 15) is 29.4 Å². The van der Waals surface area contributed by atoms with Crippen LogP contribution in [0.4, 0.5) is 27.5 Å². The van der Waals surface area contributed by atoms with Gasteiger partial charge < -0.3 is 14.8 Å². The van der Waals surface area contributed by atoms with Crippen LogP contribution in [0.2, 0.25) is 0 Å². The topological polar surface area (TPSA) is 166 Å². The Labute approximate surface area is 233 Å². The average Bonchev–Trinajstić information content (AvgIpc) is 2.89. The Morgan fingerprint density at radius 2 is 1.65 bits per heavy atom. The van der Waals surface area contributed by atoms with Crippen molar-refractivity contribution in [1.29, 1.82) is 0 Å². The molecule has 0 aliphatic rings. The molecule has 2 N–H and O–H groups in total. The van der Waals surface area contributed by atoms with Crippen molar-refractivity contribution in [2.24, 2.45) is 5.18 Å². The van der Waals surface area contributed by atoms with Crippen molar-refractivity contribution in [3.63, 3.8) is 0 Å². The van der Waals surface area contributed by atoms with Gasteiger partial charge in [0, 0.05) is 24.2 Å². The summed E-state index contributed by atoms with van der Waals surface area (Å²) in [4.78, 5) is 58.8. The van der Waals surface area contributed by atoms with Crippen molar-refractivity contribution < 1.29 is 28.8 Å². The van der Waals surface area contributed by atoms with Gasteiger partial charge >= 0.3 is 12.1 Å². The summed E-state index contributed by atoms with van der Waals surface area (Å²) in [5.74, 6) is -1.36. The first kappa shape index (κ1) is 33.7. The van der Waals surface area contributed by atoms with Crippen molar-refractivity contribution in [3.05, 3.63) is 57.0 Å². The molecule has 2 amide bonds. The minimum absolute atomic E-state index is 0.00696. The summed E-state index contributed by atoms with van der Waals surface area (Å²) in [5.41, 5.74) is -1.60. The summed E-state index contributed by atoms with van der Waals surface area (Å²) in [6, 6.07) is 7.11. The van der Waals surface area contributed by atoms with Gasteiger partial charge in [-0.3, -0.25) is 20.2 Å². The molecule has 218 valence electrons. The number of hydrogen-bond acceptors (Lipinski definition) is 9. The molecule has 40 heavy (non-hydrogen) atoms. The van der Waals surface area contributed by atoms with E-state index < -0.39 is 28.3 Å². The van der Waals surface area contributed by atoms with Crippen molar-refractivity contribution in [1.82, 2.24) is 0 Å². The summed E-state index contributed by atoms with van der Waals surface area (Å²) in [6.45, 7) is 11.1. The van der Waals surface area contributed by atoms with E-state index in [2.05, 4.69) is 22.7 Å². The third-order valence-corrected chi connectivity index (χ3v) is 5.06. The second kappa shape index (κ2) is 16.6. The SMILES string of the molecule is CC.CCCCCCCC(=O)Nc1ccc(OC(=O)c2cc(N=O)cc([N+](=O)[O-])c2)c(NC(=O)OC(C)(C)C)c1. The first-order valence-corrected chi connectivity index (χ1v) is 13.2. The highest BCUT2D eigenvalue weighted by molar-refractivity contribution is 5.96. The summed E-state index contributed by atoms with van der Waals surface area (Å²) in [6.07, 6.45) is 4.46. The Morgan fingerprint density at radius 3 is 2.25 bits per heavy atom. The van der Waals surface area contributed by atoms with E-state index in [-0.39, 0.29) is 28.6 Å². The Bertz CT molecular complexity index is 1190. The van der Waals surface area contributed by atoms with E-state index in [0.717, 1.165) is 50.3 Å². The molecule has 0 aliphatic carbocycles. The highest BCUT2D eigenvalue weighted by Crippen LogP contribution is 2.31. The zero-order chi connectivity index (χ0) is 30.3. The Balaban J connectivity index is 0.00000391. The molecular weight excluding hydrogens is 520 g/mol. The van der Waals surface area contributed by atoms with Gasteiger partial charge in [-0.1, -0.05) is 46.5 Å². The Morgan fingerprint density at radius 1 is 0.975 bits per heavy atom. The van der Waals surface area contributed by atoms with Crippen LogP contribution in [0.5, 0.6) is 5.75 Å². The number of nitro groups is 1. The number of nitrogens with zero attached hydrogens (tertiary/aromatic N) is 2. The molecule has 0 unspecified atom stereocenters. The number of anilines is 2. The van der Waals surface area contributed by atoms with Crippen molar-refractivity contribution in [2.75, 3.05) is 10.6 Å². The third kappa shape index (κ3) is 12.0. The van der Waals surface area contributed by atoms with Gasteiger partial charge in [0.05, 0.1) is 16.2 Å². The van der Waals surface area contributed by atoms with E-state index in [0.29, 0.717) is 12.1 Å². The number of non-ortho nitro benzene ring substituents is 1. The van der Waals surface area contributed by atoms with Crippen LogP contribution in [-0.2, 0) is 9.53 Å². The summed E-state index contributed by atoms with van der Waals surface area (Å²) in [5, 5.41) is 19.0. The molecular formula is C28H38N4O8. The maximum absolute atomic E-state index is 12.8. The van der Waals surface area contributed by atoms with Crippen molar-refractivity contribution in [2.45, 2.75) is 85.7 Å². The standard InChI is InChI=1S/C26H32N4O8.C2H6/c1-5-6-7-8-9-10-23(31)27-18-11-12-22(21(16-18)28-25(33)38-26(2,3)4)37-24(32)17-13-19(29-34)15-20(14-17)30(35)36;1-2/h11-16H,5-10H2,1-4H3,(H,27,31)(H,28,33);1-2H3. The Hall–Kier alpha value is -4.35. The van der Waals surface area contributed by atoms with Gasteiger partial charge in [-0.2, -0.15) is 0 Å². The molecule has 2 aromatic carbocycles. The Kier molecular flexibility index (Phi) is 14.0. The van der Waals surface area contributed by atoms with Crippen LogP contribution in [0.15, 0.2) is 41.6 Å². The fourth-order valence-corrected chi connectivity index (χ4v) is 3.35. The molecule has 0 radical (unpaired) electrons. The molecule has 12 nitrogen and oxygen atoms in total. The van der Waals surface area contributed by atoms with Gasteiger partial charge in [0.2, 0.25) is 5.91 Å². The lowest BCUT2D eigenvalue weighted by Crippen LogP contribution is -2.27. The molecule has 0 atom stereocenters. The fraction of sp³-hybridized carbons (Fsp3) is 0.464. The number of amides is 2. The van der Waals surface area contributed by atoms with Crippen LogP contribution in [0.1, 0.15) is 90.4 Å². The number of nitrogens with one attached hydrogen (secondary N) is 2. The van der Waals surface area contributed by atoms with Crippen LogP contribution >= 0.6 is 0 Å². The van der Waals surface area contributed by atoms with E-state index >= 15 is 0 Å². The van der Waals surface area contributed by atoms with Crippen molar-refractivity contribution in [3.8, 4) is 5.75 Å². The van der Waals surface area contributed by atoms with E-state index in [4.69, 9.17) is 9.47 Å². The average molecular weight is 559 g/mol. The number of carbonyl (C=O) groups excluding carboxylic acids is 3. The summed E-state index contributed by atoms with van der Waals surface area (Å²) in [7, 11) is 0. The fourth-order valence-electron chi connectivity index (χ4n) is 3.35. The van der Waals surface area contributed by atoms with Crippen LogP contribution in [0.3, 0.4) is 0 Å². The number of esters is 1. The largest absolute Gasteiger partial charge is 0.444 e. The van der Waals surface area contributed by atoms with Crippen LogP contribution in [-0.4, -0.2) is 28.5 Å². The number of ether oxygens (including phenoxy) is 2. The minimum atomic E-state index is -1.03. The number of hydrogen-bond donors (Lipinski definition) is 2. The minimum Gasteiger partial charge on any atom is -0.444 e. The lowest BCUT2D eigenvalue weighted by Gasteiger charge is -2.20. The molecule has 0 aliphatic heterocycles. The normalized spacial score (nSPS) is 10.4. The lowest BCUT2D eigenvalue weighted by molar-refractivity contribution is -0.384. The summed E-state index contributed by atoms with van der Waals surface area (Å²) < 4.78 is 10.6. The van der Waals surface area contributed by atoms with E-state index in [1.54, 1.807) is 20.8 Å². The number of nitroso groups, excluding NO2 is 1. The number of nitro benzene ring substituents is 1. The molecule has 0 saturated carbocycles. The zero-order valence-corrected chi connectivity index (χ0v) is 23.9. The van der Waals surface area contributed by atoms with E-state index in [1.807, 2.05) is 13.8 Å². The molecule has 2 rings (SSSR count). The monoisotopic (exact) mass is 558 g/mol.